The van der Waals surface area contributed by atoms with Gasteiger partial charge in [-0.2, -0.15) is 0 Å². The van der Waals surface area contributed by atoms with Gasteiger partial charge in [-0.3, -0.25) is 19.2 Å². The fourth-order valence-electron chi connectivity index (χ4n) is 3.16. The number of ether oxygens (including phenoxy) is 2. The van der Waals surface area contributed by atoms with Gasteiger partial charge >= 0.3 is 0 Å². The van der Waals surface area contributed by atoms with Gasteiger partial charge in [-0.05, 0) is 56.3 Å². The van der Waals surface area contributed by atoms with Gasteiger partial charge in [-0.1, -0.05) is 42.5 Å². The Morgan fingerprint density at radius 3 is 1.33 bits per heavy atom. The van der Waals surface area contributed by atoms with E-state index < -0.39 is 35.8 Å². The summed E-state index contributed by atoms with van der Waals surface area (Å²) in [6.45, 7) is 2.91. The highest BCUT2D eigenvalue weighted by atomic mass is 16.5. The summed E-state index contributed by atoms with van der Waals surface area (Å²) in [5.74, 6) is 9.08. The first-order valence-corrected chi connectivity index (χ1v) is 11.0. The summed E-state index contributed by atoms with van der Waals surface area (Å²) < 4.78 is 11.0. The Bertz CT molecular complexity index is 1140. The van der Waals surface area contributed by atoms with E-state index in [0.717, 1.165) is 0 Å². The first-order valence-electron chi connectivity index (χ1n) is 11.0. The summed E-state index contributed by atoms with van der Waals surface area (Å²) >= 11 is 0. The fourth-order valence-corrected chi connectivity index (χ4v) is 3.16. The lowest BCUT2D eigenvalue weighted by molar-refractivity contribution is -0.136. The number of rotatable bonds is 8. The van der Waals surface area contributed by atoms with E-state index in [4.69, 9.17) is 21.2 Å². The number of nitrogens with zero attached hydrogens (tertiary/aromatic N) is 2. The third-order valence-corrected chi connectivity index (χ3v) is 5.08. The van der Waals surface area contributed by atoms with Crippen molar-refractivity contribution in [2.24, 2.45) is 11.7 Å². The summed E-state index contributed by atoms with van der Waals surface area (Å²) in [5.41, 5.74) is -0.115. The van der Waals surface area contributed by atoms with Gasteiger partial charge < -0.3 is 9.47 Å². The van der Waals surface area contributed by atoms with Gasteiger partial charge in [-0.25, -0.2) is 21.7 Å². The smallest absolute Gasteiger partial charge is 0.284 e. The highest BCUT2D eigenvalue weighted by Gasteiger charge is 2.29. The van der Waals surface area contributed by atoms with Crippen LogP contribution < -0.4 is 21.2 Å². The van der Waals surface area contributed by atoms with E-state index in [-0.39, 0.29) is 11.1 Å². The van der Waals surface area contributed by atoms with Crippen molar-refractivity contribution in [2.75, 3.05) is 0 Å². The molecule has 0 aromatic heterocycles. The molecule has 186 valence electrons. The maximum Gasteiger partial charge on any atom is 0.284 e. The molecule has 0 heterocycles. The first-order chi connectivity index (χ1) is 17.2. The van der Waals surface area contributed by atoms with Crippen LogP contribution in [0.25, 0.3) is 0 Å². The largest absolute Gasteiger partial charge is 0.481 e. The van der Waals surface area contributed by atoms with Crippen molar-refractivity contribution in [1.82, 2.24) is 10.0 Å². The van der Waals surface area contributed by atoms with Gasteiger partial charge in [0.05, 0.1) is 0 Å². The number of carbonyl (C=O) groups excluding carboxylic acids is 4. The SMILES string of the molecule is CC(Oc1ccccc1)C(=O)N(N)C(=O)c1cccc(C(=O)N(N)C(=O)C(C)Oc2ccccc2)c1. The Labute approximate surface area is 207 Å². The van der Waals surface area contributed by atoms with Crippen molar-refractivity contribution in [3.05, 3.63) is 96.1 Å². The molecule has 4 amide bonds. The van der Waals surface area contributed by atoms with Gasteiger partial charge in [0.25, 0.3) is 23.6 Å². The van der Waals surface area contributed by atoms with Crippen molar-refractivity contribution in [1.29, 1.82) is 0 Å². The number of carbonyl (C=O) groups is 4. The van der Waals surface area contributed by atoms with Gasteiger partial charge in [-0.15, -0.1) is 0 Å². The third-order valence-electron chi connectivity index (χ3n) is 5.08. The van der Waals surface area contributed by atoms with Crippen LogP contribution in [-0.4, -0.2) is 45.9 Å². The average molecular weight is 491 g/mol. The van der Waals surface area contributed by atoms with Crippen LogP contribution in [0.5, 0.6) is 11.5 Å². The zero-order valence-electron chi connectivity index (χ0n) is 19.7. The fraction of sp³-hybridized carbons (Fsp3) is 0.154. The topological polar surface area (TPSA) is 145 Å². The Morgan fingerprint density at radius 1 is 0.611 bits per heavy atom. The molecule has 4 N–H and O–H groups in total. The standard InChI is InChI=1S/C26H26N4O6/c1-17(35-21-12-5-3-6-13-21)23(31)29(27)25(33)19-10-9-11-20(16-19)26(34)30(28)24(32)18(2)36-22-14-7-4-8-15-22/h3-18H,27-28H2,1-2H3. The van der Waals surface area contributed by atoms with E-state index in [9.17, 15) is 19.2 Å². The zero-order chi connectivity index (χ0) is 26.2. The normalized spacial score (nSPS) is 12.1. The van der Waals surface area contributed by atoms with E-state index in [2.05, 4.69) is 0 Å². The van der Waals surface area contributed by atoms with Crippen LogP contribution in [0, 0.1) is 0 Å². The second-order valence-corrected chi connectivity index (χ2v) is 7.75. The van der Waals surface area contributed by atoms with Crippen molar-refractivity contribution in [3.8, 4) is 11.5 Å². The number of para-hydroxylation sites is 2. The van der Waals surface area contributed by atoms with Crippen molar-refractivity contribution < 1.29 is 28.7 Å². The van der Waals surface area contributed by atoms with Crippen molar-refractivity contribution >= 4 is 23.6 Å². The molecule has 36 heavy (non-hydrogen) atoms. The van der Waals surface area contributed by atoms with Crippen LogP contribution in [-0.2, 0) is 9.59 Å². The number of amides is 4. The van der Waals surface area contributed by atoms with Crippen molar-refractivity contribution in [2.45, 2.75) is 26.1 Å². The molecule has 2 atom stereocenters. The van der Waals surface area contributed by atoms with Crippen LogP contribution in [0.2, 0.25) is 0 Å². The predicted molar refractivity (Wildman–Crippen MR) is 130 cm³/mol. The number of imide groups is 2. The minimum atomic E-state index is -1.05. The van der Waals surface area contributed by atoms with Gasteiger partial charge in [0.15, 0.2) is 12.2 Å². The summed E-state index contributed by atoms with van der Waals surface area (Å²) in [7, 11) is 0. The summed E-state index contributed by atoms with van der Waals surface area (Å²) in [6, 6.07) is 22.5. The number of nitrogens with two attached hydrogens (primary N) is 2. The molecule has 3 aromatic rings. The molecule has 0 saturated heterocycles. The lowest BCUT2D eigenvalue weighted by Crippen LogP contribution is -2.49. The summed E-state index contributed by atoms with van der Waals surface area (Å²) in [5, 5.41) is 0.830. The summed E-state index contributed by atoms with van der Waals surface area (Å²) in [6.07, 6.45) is -2.09. The molecule has 3 aromatic carbocycles. The van der Waals surface area contributed by atoms with Crippen LogP contribution >= 0.6 is 0 Å². The molecule has 10 nitrogen and oxygen atoms in total. The van der Waals surface area contributed by atoms with Gasteiger partial charge in [0.1, 0.15) is 11.5 Å². The first kappa shape index (κ1) is 26.1. The van der Waals surface area contributed by atoms with Crippen LogP contribution in [0.3, 0.4) is 0 Å². The average Bonchev–Trinajstić information content (AvgIpc) is 2.91. The molecule has 0 bridgehead atoms. The van der Waals surface area contributed by atoms with Gasteiger partial charge in [0.2, 0.25) is 0 Å². The molecule has 10 heteroatoms. The van der Waals surface area contributed by atoms with Gasteiger partial charge in [0, 0.05) is 11.1 Å². The Morgan fingerprint density at radius 2 is 0.972 bits per heavy atom. The zero-order valence-corrected chi connectivity index (χ0v) is 19.7. The highest BCUT2D eigenvalue weighted by Crippen LogP contribution is 2.15. The highest BCUT2D eigenvalue weighted by molar-refractivity contribution is 6.08. The quantitative estimate of drug-likeness (QED) is 0.278. The molecule has 0 fully saturated rings. The number of hydrazine groups is 2. The van der Waals surface area contributed by atoms with Crippen LogP contribution in [0.15, 0.2) is 84.9 Å². The molecule has 0 aliphatic rings. The van der Waals surface area contributed by atoms with E-state index in [1.807, 2.05) is 0 Å². The lowest BCUT2D eigenvalue weighted by atomic mass is 10.1. The van der Waals surface area contributed by atoms with Crippen LogP contribution in [0.1, 0.15) is 34.6 Å². The van der Waals surface area contributed by atoms with E-state index in [1.165, 1.54) is 38.1 Å². The molecular formula is C26H26N4O6. The molecule has 0 radical (unpaired) electrons. The number of hydrogen-bond acceptors (Lipinski definition) is 8. The third kappa shape index (κ3) is 6.32. The Balaban J connectivity index is 1.67. The summed E-state index contributed by atoms with van der Waals surface area (Å²) in [4.78, 5) is 50.8. The molecule has 0 spiro atoms. The second kappa shape index (κ2) is 11.7. The Hall–Kier alpha value is -4.54. The lowest BCUT2D eigenvalue weighted by Gasteiger charge is -2.21. The minimum absolute atomic E-state index is 0.0574. The van der Waals surface area contributed by atoms with E-state index in [0.29, 0.717) is 21.5 Å². The second-order valence-electron chi connectivity index (χ2n) is 7.75. The molecule has 0 aliphatic carbocycles. The maximum atomic E-state index is 12.8. The maximum absolute atomic E-state index is 12.8. The molecular weight excluding hydrogens is 464 g/mol. The minimum Gasteiger partial charge on any atom is -0.481 e. The monoisotopic (exact) mass is 490 g/mol. The molecule has 0 saturated carbocycles. The van der Waals surface area contributed by atoms with E-state index >= 15 is 0 Å². The number of benzene rings is 3. The van der Waals surface area contributed by atoms with E-state index in [1.54, 1.807) is 60.7 Å². The molecule has 0 aliphatic heterocycles. The molecule has 2 unspecified atom stereocenters. The number of hydrogen-bond donors (Lipinski definition) is 2. The molecule has 3 rings (SSSR count). The predicted octanol–water partition coefficient (Wildman–Crippen LogP) is 2.31. The van der Waals surface area contributed by atoms with Crippen molar-refractivity contribution in [3.63, 3.8) is 0 Å². The Kier molecular flexibility index (Phi) is 8.50. The van der Waals surface area contributed by atoms with Crippen LogP contribution in [0.4, 0.5) is 0 Å².